The van der Waals surface area contributed by atoms with E-state index in [4.69, 9.17) is 0 Å². The van der Waals surface area contributed by atoms with Crippen LogP contribution in [-0.2, 0) is 18.3 Å². The monoisotopic (exact) mass is 497 g/mol. The number of carbonyl (C=O) groups is 1. The summed E-state index contributed by atoms with van der Waals surface area (Å²) in [5.74, 6) is 1.78. The van der Waals surface area contributed by atoms with Crippen LogP contribution in [0.1, 0.15) is 47.1 Å². The summed E-state index contributed by atoms with van der Waals surface area (Å²) >= 11 is 0. The molecule has 1 aromatic heterocycles. The molecule has 0 fully saturated rings. The molecule has 0 aliphatic rings. The molecule has 0 spiro atoms. The highest BCUT2D eigenvalue weighted by molar-refractivity contribution is 5.94. The number of carbonyl (C=O) groups excluding carboxylic acids is 1. The first kappa shape index (κ1) is 25.4. The number of H-pyrrole nitrogens is 1. The Morgan fingerprint density at radius 2 is 1.29 bits per heavy atom. The number of hydrogen-bond donors (Lipinski definition) is 1. The molecule has 3 nitrogen and oxygen atoms in total. The van der Waals surface area contributed by atoms with E-state index in [9.17, 15) is 4.79 Å². The summed E-state index contributed by atoms with van der Waals surface area (Å²) in [6.45, 7) is 2.23. The maximum Gasteiger partial charge on any atom is 0.198 e. The Morgan fingerprint density at radius 3 is 1.92 bits per heavy atom. The third-order valence-corrected chi connectivity index (χ3v) is 7.44. The number of rotatable bonds is 11. The Balaban J connectivity index is 1.47. The van der Waals surface area contributed by atoms with E-state index >= 15 is 0 Å². The highest BCUT2D eigenvalue weighted by Gasteiger charge is 2.39. The lowest BCUT2D eigenvalue weighted by atomic mass is 9.65. The molecule has 3 heteroatoms. The second-order valence-corrected chi connectivity index (χ2v) is 10.0. The molecule has 38 heavy (non-hydrogen) atoms. The topological polar surface area (TPSA) is 45.8 Å². The number of aromatic nitrogens is 2. The predicted octanol–water partition coefficient (Wildman–Crippen LogP) is 8.06. The highest BCUT2D eigenvalue weighted by atomic mass is 16.1. The van der Waals surface area contributed by atoms with Crippen molar-refractivity contribution in [3.8, 4) is 11.3 Å². The smallest absolute Gasteiger partial charge is 0.198 e. The molecule has 0 amide bonds. The van der Waals surface area contributed by atoms with Crippen LogP contribution in [0.25, 0.3) is 11.3 Å². The standard InChI is InChI=1S/C35H33N2O/c1-35(30-20-12-5-13-21-30,25-33(38)34-36-26-32(37-34)29-18-10-4-11-19-29)31(24-28-16-8-3-9-17-28)23-22-27-14-6-2-7-15-27/h2-21,26H,22-25H2,1H3,(H,36,37). The van der Waals surface area contributed by atoms with Gasteiger partial charge in [0.1, 0.15) is 0 Å². The van der Waals surface area contributed by atoms with Gasteiger partial charge in [0.15, 0.2) is 11.6 Å². The van der Waals surface area contributed by atoms with Crippen molar-refractivity contribution in [3.63, 3.8) is 0 Å². The van der Waals surface area contributed by atoms with E-state index in [0.29, 0.717) is 12.2 Å². The maximum atomic E-state index is 13.8. The van der Waals surface area contributed by atoms with Gasteiger partial charge in [-0.2, -0.15) is 0 Å². The van der Waals surface area contributed by atoms with Crippen LogP contribution in [0.4, 0.5) is 0 Å². The number of hydrogen-bond acceptors (Lipinski definition) is 2. The van der Waals surface area contributed by atoms with Crippen molar-refractivity contribution >= 4 is 5.78 Å². The Kier molecular flexibility index (Phi) is 7.94. The summed E-state index contributed by atoms with van der Waals surface area (Å²) in [4.78, 5) is 21.6. The molecule has 0 saturated carbocycles. The summed E-state index contributed by atoms with van der Waals surface area (Å²) in [5, 5.41) is 0. The van der Waals surface area contributed by atoms with Gasteiger partial charge in [0, 0.05) is 23.6 Å². The summed E-state index contributed by atoms with van der Waals surface area (Å²) in [6.07, 6.45) is 4.81. The van der Waals surface area contributed by atoms with Gasteiger partial charge in [-0.05, 0) is 41.9 Å². The number of benzene rings is 4. The lowest BCUT2D eigenvalue weighted by molar-refractivity contribution is 0.0945. The van der Waals surface area contributed by atoms with E-state index in [1.165, 1.54) is 17.0 Å². The molecule has 4 aromatic carbocycles. The SMILES string of the molecule is CC(CC(=O)c1nc(-c2ccccc2)c[nH]1)([C](CCc1ccccc1)Cc1ccccc1)c1ccccc1. The van der Waals surface area contributed by atoms with E-state index < -0.39 is 5.41 Å². The van der Waals surface area contributed by atoms with Gasteiger partial charge < -0.3 is 4.98 Å². The van der Waals surface area contributed by atoms with E-state index in [1.54, 1.807) is 0 Å². The largest absolute Gasteiger partial charge is 0.342 e. The molecular weight excluding hydrogens is 464 g/mol. The summed E-state index contributed by atoms with van der Waals surface area (Å²) < 4.78 is 0. The minimum Gasteiger partial charge on any atom is -0.342 e. The molecule has 5 aromatic rings. The number of ketones is 1. The van der Waals surface area contributed by atoms with E-state index in [-0.39, 0.29) is 5.78 Å². The highest BCUT2D eigenvalue weighted by Crippen LogP contribution is 2.42. The predicted molar refractivity (Wildman–Crippen MR) is 155 cm³/mol. The quantitative estimate of drug-likeness (QED) is 0.188. The van der Waals surface area contributed by atoms with Crippen LogP contribution in [0.15, 0.2) is 128 Å². The van der Waals surface area contributed by atoms with E-state index in [0.717, 1.165) is 36.1 Å². The molecule has 1 radical (unpaired) electrons. The van der Waals surface area contributed by atoms with Crippen molar-refractivity contribution in [2.75, 3.05) is 0 Å². The van der Waals surface area contributed by atoms with Crippen LogP contribution in [0.2, 0.25) is 0 Å². The van der Waals surface area contributed by atoms with Crippen LogP contribution in [0.3, 0.4) is 0 Å². The van der Waals surface area contributed by atoms with Gasteiger partial charge in [-0.15, -0.1) is 0 Å². The minimum absolute atomic E-state index is 0.0174. The van der Waals surface area contributed by atoms with Gasteiger partial charge in [-0.1, -0.05) is 128 Å². The Morgan fingerprint density at radius 1 is 0.737 bits per heavy atom. The minimum atomic E-state index is -0.456. The average Bonchev–Trinajstić information content (AvgIpc) is 3.48. The molecule has 189 valence electrons. The lowest BCUT2D eigenvalue weighted by Gasteiger charge is -2.38. The van der Waals surface area contributed by atoms with Crippen LogP contribution >= 0.6 is 0 Å². The first-order valence-corrected chi connectivity index (χ1v) is 13.2. The van der Waals surface area contributed by atoms with Crippen molar-refractivity contribution in [1.29, 1.82) is 0 Å². The van der Waals surface area contributed by atoms with Crippen molar-refractivity contribution in [2.45, 2.75) is 38.0 Å². The number of imidazole rings is 1. The molecule has 0 aliphatic heterocycles. The van der Waals surface area contributed by atoms with Crippen LogP contribution in [0.5, 0.6) is 0 Å². The number of aryl methyl sites for hydroxylation is 1. The van der Waals surface area contributed by atoms with Crippen molar-refractivity contribution in [1.82, 2.24) is 9.97 Å². The lowest BCUT2D eigenvalue weighted by Crippen LogP contribution is -2.35. The third kappa shape index (κ3) is 6.00. The molecule has 1 atom stereocenters. The molecule has 1 heterocycles. The molecule has 0 bridgehead atoms. The summed E-state index contributed by atoms with van der Waals surface area (Å²) in [6, 6.07) is 41.6. The second-order valence-electron chi connectivity index (χ2n) is 10.0. The van der Waals surface area contributed by atoms with Gasteiger partial charge >= 0.3 is 0 Å². The number of Topliss-reactive ketones (excluding diaryl/α,β-unsaturated/α-hetero) is 1. The van der Waals surface area contributed by atoms with Crippen LogP contribution in [0, 0.1) is 5.92 Å². The van der Waals surface area contributed by atoms with E-state index in [1.807, 2.05) is 48.7 Å². The summed E-state index contributed by atoms with van der Waals surface area (Å²) in [7, 11) is 0. The van der Waals surface area contributed by atoms with Crippen molar-refractivity contribution < 1.29 is 4.79 Å². The fraction of sp³-hybridized carbons (Fsp3) is 0.171. The van der Waals surface area contributed by atoms with Gasteiger partial charge in [0.25, 0.3) is 0 Å². The average molecular weight is 498 g/mol. The molecule has 5 rings (SSSR count). The summed E-state index contributed by atoms with van der Waals surface area (Å²) in [5.41, 5.74) is 5.04. The number of nitrogens with zero attached hydrogens (tertiary/aromatic N) is 1. The van der Waals surface area contributed by atoms with Gasteiger partial charge in [0.05, 0.1) is 5.69 Å². The van der Waals surface area contributed by atoms with Crippen molar-refractivity contribution in [2.24, 2.45) is 0 Å². The normalized spacial score (nSPS) is 12.8. The fourth-order valence-corrected chi connectivity index (χ4v) is 5.20. The fourth-order valence-electron chi connectivity index (χ4n) is 5.20. The van der Waals surface area contributed by atoms with Crippen LogP contribution < -0.4 is 0 Å². The first-order chi connectivity index (χ1) is 18.6. The molecule has 0 saturated heterocycles. The van der Waals surface area contributed by atoms with Crippen LogP contribution in [-0.4, -0.2) is 15.8 Å². The Labute approximate surface area is 225 Å². The van der Waals surface area contributed by atoms with Crippen molar-refractivity contribution in [3.05, 3.63) is 156 Å². The van der Waals surface area contributed by atoms with Gasteiger partial charge in [-0.25, -0.2) is 4.98 Å². The third-order valence-electron chi connectivity index (χ3n) is 7.44. The zero-order valence-corrected chi connectivity index (χ0v) is 21.8. The molecular formula is C35H33N2O. The Bertz CT molecular complexity index is 1430. The molecule has 0 aliphatic carbocycles. The second kappa shape index (κ2) is 11.9. The Hall–Kier alpha value is -4.24. The maximum absolute atomic E-state index is 13.8. The van der Waals surface area contributed by atoms with E-state index in [2.05, 4.69) is 95.8 Å². The number of nitrogens with one attached hydrogen (secondary N) is 1. The van der Waals surface area contributed by atoms with Gasteiger partial charge in [-0.3, -0.25) is 4.79 Å². The zero-order valence-electron chi connectivity index (χ0n) is 21.8. The van der Waals surface area contributed by atoms with Gasteiger partial charge in [0.2, 0.25) is 0 Å². The molecule has 1 N–H and O–H groups in total. The molecule has 1 unspecified atom stereocenters. The number of aromatic amines is 1. The first-order valence-electron chi connectivity index (χ1n) is 13.2. The zero-order chi connectivity index (χ0) is 26.2.